The summed E-state index contributed by atoms with van der Waals surface area (Å²) in [5, 5.41) is 16.0. The van der Waals surface area contributed by atoms with E-state index in [0.717, 1.165) is 0 Å². The lowest BCUT2D eigenvalue weighted by atomic mass is 10.2. The van der Waals surface area contributed by atoms with Gasteiger partial charge in [0.05, 0.1) is 12.7 Å². The summed E-state index contributed by atoms with van der Waals surface area (Å²) in [6, 6.07) is 0. The van der Waals surface area contributed by atoms with Crippen LogP contribution in [0.4, 0.5) is 0 Å². The van der Waals surface area contributed by atoms with Gasteiger partial charge in [0.15, 0.2) is 0 Å². The summed E-state index contributed by atoms with van der Waals surface area (Å²) in [6.07, 6.45) is 8.05. The monoisotopic (exact) mass is 273 g/mol. The maximum atomic E-state index is 9.82. The highest BCUT2D eigenvalue weighted by atomic mass is 16.3. The van der Waals surface area contributed by atoms with Gasteiger partial charge in [0.1, 0.15) is 0 Å². The molecule has 0 fully saturated rings. The fraction of sp³-hybridized carbons (Fsp3) is 0.667. The first-order valence-electron chi connectivity index (χ1n) is 6.68. The van der Waals surface area contributed by atoms with Gasteiger partial charge in [-0.05, 0) is 26.7 Å². The standard InChI is InChI=1S/C8H16.C4H7NO.C3H8O2/c1-3-5-7-8-6-4-2;1-3(2)4(5)6;1-3(5)2-4/h3H,1,4-8H2,2H3;1H2,2H3,(H2,5,6);3-5H,2H2,1H3. The Labute approximate surface area is 118 Å². The van der Waals surface area contributed by atoms with Crippen LogP contribution in [0.2, 0.25) is 0 Å². The molecule has 0 aromatic rings. The van der Waals surface area contributed by atoms with Crippen molar-refractivity contribution in [2.24, 2.45) is 5.73 Å². The molecule has 4 heteroatoms. The number of hydrogen-bond acceptors (Lipinski definition) is 3. The highest BCUT2D eigenvalue weighted by Crippen LogP contribution is 2.01. The number of carbonyl (C=O) groups excluding carboxylic acids is 1. The highest BCUT2D eigenvalue weighted by Gasteiger charge is 1.86. The smallest absolute Gasteiger partial charge is 0.243 e. The van der Waals surface area contributed by atoms with E-state index in [4.69, 9.17) is 15.9 Å². The number of amides is 1. The van der Waals surface area contributed by atoms with Gasteiger partial charge in [-0.15, -0.1) is 6.58 Å². The van der Waals surface area contributed by atoms with Crippen LogP contribution < -0.4 is 5.73 Å². The molecule has 0 radical (unpaired) electrons. The number of unbranched alkanes of at least 4 members (excludes halogenated alkanes) is 4. The van der Waals surface area contributed by atoms with Gasteiger partial charge in [0.2, 0.25) is 5.91 Å². The molecule has 1 atom stereocenters. The highest BCUT2D eigenvalue weighted by molar-refractivity contribution is 5.90. The molecule has 19 heavy (non-hydrogen) atoms. The topological polar surface area (TPSA) is 83.6 Å². The summed E-state index contributed by atoms with van der Waals surface area (Å²) in [4.78, 5) is 9.82. The Balaban J connectivity index is -0.000000209. The van der Waals surface area contributed by atoms with Gasteiger partial charge < -0.3 is 15.9 Å². The molecule has 0 rings (SSSR count). The van der Waals surface area contributed by atoms with Gasteiger partial charge in [-0.25, -0.2) is 0 Å². The van der Waals surface area contributed by atoms with Crippen LogP contribution in [0.3, 0.4) is 0 Å². The normalized spacial score (nSPS) is 10.2. The van der Waals surface area contributed by atoms with Crippen molar-refractivity contribution < 1.29 is 15.0 Å². The Hall–Kier alpha value is -1.13. The third-order valence-electron chi connectivity index (χ3n) is 1.95. The number of hydrogen-bond donors (Lipinski definition) is 3. The van der Waals surface area contributed by atoms with Crippen molar-refractivity contribution in [2.45, 2.75) is 59.0 Å². The number of allylic oxidation sites excluding steroid dienone is 1. The fourth-order valence-electron chi connectivity index (χ4n) is 0.715. The van der Waals surface area contributed by atoms with Gasteiger partial charge in [0, 0.05) is 5.57 Å². The first kappa shape index (κ1) is 23.0. The van der Waals surface area contributed by atoms with Crippen molar-refractivity contribution in [2.75, 3.05) is 6.61 Å². The Morgan fingerprint density at radius 3 is 2.00 bits per heavy atom. The lowest BCUT2D eigenvalue weighted by Crippen LogP contribution is -2.10. The lowest BCUT2D eigenvalue weighted by molar-refractivity contribution is -0.114. The first-order chi connectivity index (χ1) is 8.83. The molecule has 0 aliphatic rings. The molecule has 0 aromatic heterocycles. The SMILES string of the molecule is C=C(C)C(N)=O.C=CCCCCCC.CC(O)CO. The minimum Gasteiger partial charge on any atom is -0.394 e. The maximum Gasteiger partial charge on any atom is 0.243 e. The molecular formula is C15H31NO3. The van der Waals surface area contributed by atoms with Crippen molar-refractivity contribution in [3.8, 4) is 0 Å². The fourth-order valence-corrected chi connectivity index (χ4v) is 0.715. The van der Waals surface area contributed by atoms with Gasteiger partial charge in [0.25, 0.3) is 0 Å². The second-order valence-electron chi connectivity index (χ2n) is 4.31. The van der Waals surface area contributed by atoms with Crippen molar-refractivity contribution in [1.29, 1.82) is 0 Å². The molecule has 0 heterocycles. The summed E-state index contributed by atoms with van der Waals surface area (Å²) in [5.74, 6) is -0.435. The van der Waals surface area contributed by atoms with Crippen LogP contribution in [-0.2, 0) is 4.79 Å². The van der Waals surface area contributed by atoms with E-state index in [0.29, 0.717) is 5.57 Å². The Kier molecular flexibility index (Phi) is 23.3. The van der Waals surface area contributed by atoms with E-state index >= 15 is 0 Å². The van der Waals surface area contributed by atoms with Crippen molar-refractivity contribution in [3.63, 3.8) is 0 Å². The zero-order valence-corrected chi connectivity index (χ0v) is 12.7. The number of rotatable bonds is 7. The quantitative estimate of drug-likeness (QED) is 0.378. The average Bonchev–Trinajstić information content (AvgIpc) is 2.36. The van der Waals surface area contributed by atoms with Gasteiger partial charge >= 0.3 is 0 Å². The largest absolute Gasteiger partial charge is 0.394 e. The minimum absolute atomic E-state index is 0.139. The molecule has 0 aromatic carbocycles. The van der Waals surface area contributed by atoms with E-state index < -0.39 is 12.0 Å². The third-order valence-corrected chi connectivity index (χ3v) is 1.95. The van der Waals surface area contributed by atoms with Crippen LogP contribution in [0.1, 0.15) is 52.9 Å². The second-order valence-corrected chi connectivity index (χ2v) is 4.31. The van der Waals surface area contributed by atoms with Crippen LogP contribution in [-0.4, -0.2) is 28.8 Å². The van der Waals surface area contributed by atoms with E-state index in [1.165, 1.54) is 39.0 Å². The number of nitrogens with two attached hydrogens (primary N) is 1. The third kappa shape index (κ3) is 38.3. The molecule has 0 aliphatic heterocycles. The van der Waals surface area contributed by atoms with E-state index in [1.54, 1.807) is 6.92 Å². The van der Waals surface area contributed by atoms with E-state index in [-0.39, 0.29) is 6.61 Å². The summed E-state index contributed by atoms with van der Waals surface area (Å²) >= 11 is 0. The lowest BCUT2D eigenvalue weighted by Gasteiger charge is -1.91. The van der Waals surface area contributed by atoms with E-state index in [2.05, 4.69) is 20.1 Å². The van der Waals surface area contributed by atoms with Gasteiger partial charge in [-0.1, -0.05) is 38.8 Å². The molecule has 1 amide bonds. The Morgan fingerprint density at radius 2 is 1.79 bits per heavy atom. The molecule has 0 spiro atoms. The maximum absolute atomic E-state index is 9.82. The molecule has 0 saturated carbocycles. The van der Waals surface area contributed by atoms with Crippen LogP contribution in [0, 0.1) is 0 Å². The molecular weight excluding hydrogens is 242 g/mol. The molecule has 114 valence electrons. The zero-order valence-electron chi connectivity index (χ0n) is 12.7. The second kappa shape index (κ2) is 19.2. The van der Waals surface area contributed by atoms with Crippen molar-refractivity contribution >= 4 is 5.91 Å². The molecule has 4 N–H and O–H groups in total. The number of carbonyl (C=O) groups is 1. The molecule has 0 saturated heterocycles. The minimum atomic E-state index is -0.560. The van der Waals surface area contributed by atoms with Crippen LogP contribution >= 0.6 is 0 Å². The summed E-state index contributed by atoms with van der Waals surface area (Å²) in [7, 11) is 0. The number of primary amides is 1. The van der Waals surface area contributed by atoms with Crippen LogP contribution in [0.15, 0.2) is 24.8 Å². The summed E-state index contributed by atoms with van der Waals surface area (Å²) in [5.41, 5.74) is 5.09. The van der Waals surface area contributed by atoms with E-state index in [1.807, 2.05) is 6.08 Å². The predicted octanol–water partition coefficient (Wildman–Crippen LogP) is 2.55. The van der Waals surface area contributed by atoms with Crippen LogP contribution in [0.25, 0.3) is 0 Å². The summed E-state index contributed by atoms with van der Waals surface area (Å²) in [6.45, 7) is 12.1. The van der Waals surface area contributed by atoms with Crippen molar-refractivity contribution in [3.05, 3.63) is 24.8 Å². The molecule has 0 aliphatic carbocycles. The molecule has 1 unspecified atom stereocenters. The first-order valence-corrected chi connectivity index (χ1v) is 6.68. The van der Waals surface area contributed by atoms with E-state index in [9.17, 15) is 4.79 Å². The number of aliphatic hydroxyl groups is 2. The van der Waals surface area contributed by atoms with Crippen molar-refractivity contribution in [1.82, 2.24) is 0 Å². The average molecular weight is 273 g/mol. The predicted molar refractivity (Wildman–Crippen MR) is 81.7 cm³/mol. The molecule has 0 bridgehead atoms. The Morgan fingerprint density at radius 1 is 1.37 bits per heavy atom. The van der Waals surface area contributed by atoms with Gasteiger partial charge in [-0.3, -0.25) is 4.79 Å². The Bertz CT molecular complexity index is 213. The van der Waals surface area contributed by atoms with Crippen LogP contribution in [0.5, 0.6) is 0 Å². The van der Waals surface area contributed by atoms with Gasteiger partial charge in [-0.2, -0.15) is 0 Å². The number of aliphatic hydroxyl groups excluding tert-OH is 2. The molecule has 4 nitrogen and oxygen atoms in total. The zero-order chi connectivity index (χ0) is 15.7. The summed E-state index contributed by atoms with van der Waals surface area (Å²) < 4.78 is 0.